The predicted octanol–water partition coefficient (Wildman–Crippen LogP) is 3.62. The van der Waals surface area contributed by atoms with Crippen LogP contribution in [0.5, 0.6) is 0 Å². The molecule has 0 unspecified atom stereocenters. The van der Waals surface area contributed by atoms with E-state index in [0.29, 0.717) is 0 Å². The van der Waals surface area contributed by atoms with Gasteiger partial charge in [-0.15, -0.1) is 0 Å². The van der Waals surface area contributed by atoms with Gasteiger partial charge in [0.05, 0.1) is 5.60 Å². The van der Waals surface area contributed by atoms with Crippen molar-refractivity contribution in [1.82, 2.24) is 0 Å². The van der Waals surface area contributed by atoms with E-state index >= 15 is 0 Å². The largest absolute Gasteiger partial charge is 0.385 e. The van der Waals surface area contributed by atoms with Crippen molar-refractivity contribution < 1.29 is 5.11 Å². The van der Waals surface area contributed by atoms with Gasteiger partial charge in [0.25, 0.3) is 0 Å². The van der Waals surface area contributed by atoms with Crippen molar-refractivity contribution in [3.8, 4) is 0 Å². The molecule has 1 fully saturated rings. The molecule has 0 aromatic heterocycles. The van der Waals surface area contributed by atoms with Crippen molar-refractivity contribution in [3.05, 3.63) is 34.3 Å². The maximum absolute atomic E-state index is 9.96. The number of halogens is 1. The number of aliphatic hydroxyl groups is 1. The van der Waals surface area contributed by atoms with E-state index in [1.54, 1.807) is 0 Å². The fraction of sp³-hybridized carbons (Fsp3) is 0.538. The Hall–Kier alpha value is -0.530. The molecule has 0 heterocycles. The number of hydrogen-bond donors (Lipinski definition) is 1. The van der Waals surface area contributed by atoms with Crippen LogP contribution in [0.3, 0.4) is 0 Å². The van der Waals surface area contributed by atoms with Gasteiger partial charge in [-0.25, -0.2) is 0 Å². The van der Waals surface area contributed by atoms with Crippen LogP contribution in [0.4, 0.5) is 0 Å². The Morgan fingerprint density at radius 1 is 1.27 bits per heavy atom. The summed E-state index contributed by atoms with van der Waals surface area (Å²) in [5.74, 6) is 0. The third kappa shape index (κ3) is 2.04. The fourth-order valence-corrected chi connectivity index (χ4v) is 2.28. The average Bonchev–Trinajstić information content (AvgIpc) is 2.82. The van der Waals surface area contributed by atoms with Crippen LogP contribution in [-0.4, -0.2) is 5.11 Å². The van der Waals surface area contributed by atoms with E-state index in [2.05, 4.69) is 20.8 Å². The number of rotatable bonds is 1. The van der Waals surface area contributed by atoms with Crippen LogP contribution in [0.15, 0.2) is 18.2 Å². The van der Waals surface area contributed by atoms with Gasteiger partial charge in [0, 0.05) is 5.02 Å². The molecule has 0 saturated heterocycles. The SMILES string of the molecule is CC(C)(C)c1ccc(C2(O)CC2)cc1Cl. The fourth-order valence-electron chi connectivity index (χ4n) is 1.82. The highest BCUT2D eigenvalue weighted by atomic mass is 35.5. The first-order valence-electron chi connectivity index (χ1n) is 5.36. The van der Waals surface area contributed by atoms with Gasteiger partial charge in [-0.2, -0.15) is 0 Å². The second kappa shape index (κ2) is 3.23. The molecule has 0 aliphatic heterocycles. The maximum Gasteiger partial charge on any atom is 0.0899 e. The van der Waals surface area contributed by atoms with Gasteiger partial charge < -0.3 is 5.11 Å². The van der Waals surface area contributed by atoms with E-state index in [-0.39, 0.29) is 5.41 Å². The van der Waals surface area contributed by atoms with Gasteiger partial charge in [-0.1, -0.05) is 44.5 Å². The molecule has 1 aliphatic rings. The smallest absolute Gasteiger partial charge is 0.0899 e. The summed E-state index contributed by atoms with van der Waals surface area (Å²) in [5, 5.41) is 10.7. The molecule has 0 amide bonds. The molecule has 1 saturated carbocycles. The van der Waals surface area contributed by atoms with Crippen LogP contribution in [0.1, 0.15) is 44.7 Å². The number of benzene rings is 1. The molecule has 0 bridgehead atoms. The molecule has 0 atom stereocenters. The summed E-state index contributed by atoms with van der Waals surface area (Å²) in [6.07, 6.45) is 1.72. The molecule has 2 heteroatoms. The highest BCUT2D eigenvalue weighted by molar-refractivity contribution is 6.31. The van der Waals surface area contributed by atoms with E-state index in [9.17, 15) is 5.11 Å². The number of hydrogen-bond acceptors (Lipinski definition) is 1. The lowest BCUT2D eigenvalue weighted by Gasteiger charge is -2.21. The van der Waals surface area contributed by atoms with Crippen LogP contribution in [0.2, 0.25) is 5.02 Å². The van der Waals surface area contributed by atoms with Crippen LogP contribution in [0.25, 0.3) is 0 Å². The molecule has 0 spiro atoms. The lowest BCUT2D eigenvalue weighted by atomic mass is 9.86. The summed E-state index contributed by atoms with van der Waals surface area (Å²) in [7, 11) is 0. The molecule has 1 aromatic carbocycles. The highest BCUT2D eigenvalue weighted by Crippen LogP contribution is 2.46. The maximum atomic E-state index is 9.96. The van der Waals surface area contributed by atoms with Crippen molar-refractivity contribution >= 4 is 11.6 Å². The predicted molar refractivity (Wildman–Crippen MR) is 63.3 cm³/mol. The molecule has 0 radical (unpaired) electrons. The summed E-state index contributed by atoms with van der Waals surface area (Å²) in [5.41, 5.74) is 1.57. The van der Waals surface area contributed by atoms with E-state index in [1.807, 2.05) is 18.2 Å². The molecular weight excluding hydrogens is 208 g/mol. The van der Waals surface area contributed by atoms with Gasteiger partial charge in [0.15, 0.2) is 0 Å². The Balaban J connectivity index is 2.39. The second-order valence-electron chi connectivity index (χ2n) is 5.48. The first kappa shape index (κ1) is 11.0. The zero-order chi connectivity index (χ0) is 11.3. The molecule has 15 heavy (non-hydrogen) atoms. The third-order valence-corrected chi connectivity index (χ3v) is 3.35. The summed E-state index contributed by atoms with van der Waals surface area (Å²) in [4.78, 5) is 0. The van der Waals surface area contributed by atoms with E-state index in [1.165, 1.54) is 0 Å². The molecule has 1 aromatic rings. The van der Waals surface area contributed by atoms with E-state index in [4.69, 9.17) is 11.6 Å². The van der Waals surface area contributed by atoms with Crippen LogP contribution in [-0.2, 0) is 11.0 Å². The molecular formula is C13H17ClO. The summed E-state index contributed by atoms with van der Waals surface area (Å²) in [6, 6.07) is 5.95. The van der Waals surface area contributed by atoms with Crippen molar-refractivity contribution in [2.75, 3.05) is 0 Å². The Labute approximate surface area is 96.1 Å². The molecule has 2 rings (SSSR count). The minimum absolute atomic E-state index is 0.0573. The zero-order valence-electron chi connectivity index (χ0n) is 9.47. The van der Waals surface area contributed by atoms with Gasteiger partial charge in [0.2, 0.25) is 0 Å². The van der Waals surface area contributed by atoms with Crippen molar-refractivity contribution in [1.29, 1.82) is 0 Å². The van der Waals surface area contributed by atoms with E-state index < -0.39 is 5.60 Å². The standard InChI is InChI=1S/C13H17ClO/c1-12(2,3)10-5-4-9(8-11(10)14)13(15)6-7-13/h4-5,8,15H,6-7H2,1-3H3. The summed E-state index contributed by atoms with van der Waals surface area (Å²) >= 11 is 6.24. The Morgan fingerprint density at radius 2 is 1.87 bits per heavy atom. The quantitative estimate of drug-likeness (QED) is 0.773. The molecule has 1 N–H and O–H groups in total. The summed E-state index contributed by atoms with van der Waals surface area (Å²) < 4.78 is 0. The summed E-state index contributed by atoms with van der Waals surface area (Å²) in [6.45, 7) is 6.42. The van der Waals surface area contributed by atoms with Crippen molar-refractivity contribution in [2.45, 2.75) is 44.6 Å². The van der Waals surface area contributed by atoms with Gasteiger partial charge in [-0.05, 0) is 35.4 Å². The lowest BCUT2D eigenvalue weighted by molar-refractivity contribution is 0.151. The third-order valence-electron chi connectivity index (χ3n) is 3.04. The minimum Gasteiger partial charge on any atom is -0.385 e. The topological polar surface area (TPSA) is 20.2 Å². The molecule has 1 nitrogen and oxygen atoms in total. The van der Waals surface area contributed by atoms with Crippen LogP contribution >= 0.6 is 11.6 Å². The van der Waals surface area contributed by atoms with Gasteiger partial charge >= 0.3 is 0 Å². The van der Waals surface area contributed by atoms with Crippen molar-refractivity contribution in [3.63, 3.8) is 0 Å². The molecule has 1 aliphatic carbocycles. The minimum atomic E-state index is -0.583. The van der Waals surface area contributed by atoms with Crippen molar-refractivity contribution in [2.24, 2.45) is 0 Å². The Morgan fingerprint density at radius 3 is 2.27 bits per heavy atom. The van der Waals surface area contributed by atoms with Crippen LogP contribution < -0.4 is 0 Å². The second-order valence-corrected chi connectivity index (χ2v) is 5.88. The molecule has 82 valence electrons. The average molecular weight is 225 g/mol. The highest BCUT2D eigenvalue weighted by Gasteiger charge is 2.42. The first-order chi connectivity index (χ1) is 6.83. The first-order valence-corrected chi connectivity index (χ1v) is 5.74. The monoisotopic (exact) mass is 224 g/mol. The van der Waals surface area contributed by atoms with Crippen LogP contribution in [0, 0.1) is 0 Å². The zero-order valence-corrected chi connectivity index (χ0v) is 10.2. The lowest BCUT2D eigenvalue weighted by Crippen LogP contribution is -2.13. The Bertz CT molecular complexity index is 386. The Kier molecular flexibility index (Phi) is 2.36. The normalized spacial score (nSPS) is 19.0. The van der Waals surface area contributed by atoms with Gasteiger partial charge in [0.1, 0.15) is 0 Å². The van der Waals surface area contributed by atoms with Gasteiger partial charge in [-0.3, -0.25) is 0 Å². The van der Waals surface area contributed by atoms with E-state index in [0.717, 1.165) is 29.0 Å².